The first-order valence-electron chi connectivity index (χ1n) is 6.99. The van der Waals surface area contributed by atoms with Gasteiger partial charge in [0.2, 0.25) is 5.91 Å². The molecule has 1 amide bonds. The Bertz CT molecular complexity index is 788. The average Bonchev–Trinajstić information content (AvgIpc) is 2.48. The van der Waals surface area contributed by atoms with E-state index in [1.165, 1.54) is 25.1 Å². The van der Waals surface area contributed by atoms with Crippen molar-refractivity contribution >= 4 is 16.8 Å². The number of amides is 1. The summed E-state index contributed by atoms with van der Waals surface area (Å²) < 4.78 is 39.0. The maximum Gasteiger partial charge on any atom is 0.401 e. The van der Waals surface area contributed by atoms with Crippen LogP contribution in [0.25, 0.3) is 10.9 Å². The lowest BCUT2D eigenvalue weighted by atomic mass is 10.2. The molecule has 24 heavy (non-hydrogen) atoms. The second-order valence-electron chi connectivity index (χ2n) is 5.44. The van der Waals surface area contributed by atoms with Crippen LogP contribution >= 0.6 is 0 Å². The van der Waals surface area contributed by atoms with Gasteiger partial charge in [-0.05, 0) is 12.1 Å². The van der Waals surface area contributed by atoms with Crippen LogP contribution in [0.5, 0.6) is 0 Å². The number of nitrogens with zero attached hydrogens (tertiary/aromatic N) is 5. The second-order valence-corrected chi connectivity index (χ2v) is 5.44. The lowest BCUT2D eigenvalue weighted by Gasteiger charge is -2.24. The monoisotopic (exact) mass is 343 g/mol. The number of rotatable bonds is 5. The normalized spacial score (nSPS) is 11.9. The van der Waals surface area contributed by atoms with Crippen molar-refractivity contribution in [2.75, 3.05) is 27.2 Å². The summed E-state index contributed by atoms with van der Waals surface area (Å²) in [4.78, 5) is 26.0. The van der Waals surface area contributed by atoms with Crippen LogP contribution in [0.4, 0.5) is 13.2 Å². The van der Waals surface area contributed by atoms with Crippen molar-refractivity contribution in [1.29, 1.82) is 0 Å². The molecule has 0 N–H and O–H groups in total. The first-order chi connectivity index (χ1) is 11.2. The molecule has 0 aliphatic carbocycles. The van der Waals surface area contributed by atoms with Gasteiger partial charge in [-0.3, -0.25) is 14.5 Å². The molecule has 0 spiro atoms. The van der Waals surface area contributed by atoms with Gasteiger partial charge >= 0.3 is 6.18 Å². The highest BCUT2D eigenvalue weighted by Crippen LogP contribution is 2.16. The molecule has 0 aliphatic rings. The number of hydrogen-bond donors (Lipinski definition) is 0. The lowest BCUT2D eigenvalue weighted by molar-refractivity contribution is -0.154. The minimum absolute atomic E-state index is 0.249. The first kappa shape index (κ1) is 17.9. The van der Waals surface area contributed by atoms with Crippen molar-refractivity contribution in [3.05, 3.63) is 34.6 Å². The Morgan fingerprint density at radius 2 is 1.92 bits per heavy atom. The van der Waals surface area contributed by atoms with E-state index in [4.69, 9.17) is 0 Å². The maximum atomic E-state index is 12.7. The number of alkyl halides is 3. The fourth-order valence-corrected chi connectivity index (χ4v) is 2.05. The van der Waals surface area contributed by atoms with Gasteiger partial charge in [0, 0.05) is 14.1 Å². The zero-order chi connectivity index (χ0) is 17.9. The van der Waals surface area contributed by atoms with Crippen LogP contribution in [0.1, 0.15) is 0 Å². The number of halogens is 3. The van der Waals surface area contributed by atoms with Crippen LogP contribution in [0.3, 0.4) is 0 Å². The van der Waals surface area contributed by atoms with E-state index in [-0.39, 0.29) is 5.39 Å². The number of likely N-dealkylation sites (N-methyl/N-ethyl adjacent to an activating group) is 1. The summed E-state index contributed by atoms with van der Waals surface area (Å²) in [7, 11) is 2.88. The van der Waals surface area contributed by atoms with Crippen molar-refractivity contribution in [3.8, 4) is 0 Å². The summed E-state index contributed by atoms with van der Waals surface area (Å²) in [6.45, 7) is -2.32. The van der Waals surface area contributed by atoms with Crippen LogP contribution in [-0.2, 0) is 11.5 Å². The van der Waals surface area contributed by atoms with E-state index >= 15 is 0 Å². The molecule has 0 unspecified atom stereocenters. The Labute approximate surface area is 135 Å². The molecule has 130 valence electrons. The zero-order valence-electron chi connectivity index (χ0n) is 13.1. The Balaban J connectivity index is 2.30. The van der Waals surface area contributed by atoms with Crippen molar-refractivity contribution in [2.45, 2.75) is 12.8 Å². The van der Waals surface area contributed by atoms with E-state index in [9.17, 15) is 22.8 Å². The summed E-state index contributed by atoms with van der Waals surface area (Å²) in [6.07, 6.45) is -4.51. The second kappa shape index (κ2) is 6.95. The van der Waals surface area contributed by atoms with Crippen molar-refractivity contribution in [3.63, 3.8) is 0 Å². The molecular formula is C14H16F3N5O2. The fraction of sp³-hybridized carbons (Fsp3) is 0.429. The number of aromatic nitrogens is 3. The molecule has 10 heteroatoms. The molecule has 0 radical (unpaired) electrons. The molecule has 7 nitrogen and oxygen atoms in total. The van der Waals surface area contributed by atoms with Crippen LogP contribution < -0.4 is 5.56 Å². The molecule has 0 saturated heterocycles. The third kappa shape index (κ3) is 4.51. The lowest BCUT2D eigenvalue weighted by Crippen LogP contribution is -2.44. The highest BCUT2D eigenvalue weighted by molar-refractivity contribution is 5.77. The summed E-state index contributed by atoms with van der Waals surface area (Å²) in [5.74, 6) is -0.513. The Morgan fingerprint density at radius 1 is 1.25 bits per heavy atom. The van der Waals surface area contributed by atoms with Crippen molar-refractivity contribution in [2.24, 2.45) is 0 Å². The van der Waals surface area contributed by atoms with Crippen LogP contribution in [0, 0.1) is 0 Å². The van der Waals surface area contributed by atoms with Gasteiger partial charge in [0.15, 0.2) is 0 Å². The van der Waals surface area contributed by atoms with Crippen LogP contribution in [0.15, 0.2) is 29.1 Å². The number of carbonyl (C=O) groups is 1. The number of benzene rings is 1. The molecule has 2 aromatic rings. The Morgan fingerprint density at radius 3 is 2.54 bits per heavy atom. The summed E-state index contributed by atoms with van der Waals surface area (Å²) in [5, 5.41) is 7.71. The molecule has 2 rings (SSSR count). The third-order valence-corrected chi connectivity index (χ3v) is 3.22. The maximum absolute atomic E-state index is 12.7. The van der Waals surface area contributed by atoms with Crippen LogP contribution in [0.2, 0.25) is 0 Å². The first-order valence-corrected chi connectivity index (χ1v) is 6.99. The molecule has 0 fully saturated rings. The van der Waals surface area contributed by atoms with Gasteiger partial charge in [0.25, 0.3) is 5.56 Å². The van der Waals surface area contributed by atoms with E-state index in [1.807, 2.05) is 0 Å². The van der Waals surface area contributed by atoms with Gasteiger partial charge in [-0.2, -0.15) is 17.9 Å². The Hall–Kier alpha value is -2.49. The largest absolute Gasteiger partial charge is 0.401 e. The van der Waals surface area contributed by atoms with E-state index in [2.05, 4.69) is 10.3 Å². The van der Waals surface area contributed by atoms with E-state index in [1.54, 1.807) is 18.2 Å². The van der Waals surface area contributed by atoms with Crippen molar-refractivity contribution < 1.29 is 18.0 Å². The topological polar surface area (TPSA) is 71.3 Å². The highest BCUT2D eigenvalue weighted by atomic mass is 19.4. The third-order valence-electron chi connectivity index (χ3n) is 3.22. The quantitative estimate of drug-likeness (QED) is 0.799. The summed E-state index contributed by atoms with van der Waals surface area (Å²) in [5.41, 5.74) is -0.212. The van der Waals surface area contributed by atoms with Gasteiger partial charge in [0.1, 0.15) is 5.52 Å². The molecule has 1 aromatic heterocycles. The van der Waals surface area contributed by atoms with E-state index in [0.29, 0.717) is 5.52 Å². The molecule has 1 heterocycles. The zero-order valence-corrected chi connectivity index (χ0v) is 13.1. The summed E-state index contributed by atoms with van der Waals surface area (Å²) >= 11 is 0. The predicted molar refractivity (Wildman–Crippen MR) is 80.1 cm³/mol. The van der Waals surface area contributed by atoms with Crippen LogP contribution in [-0.4, -0.2) is 64.1 Å². The molecule has 0 bridgehead atoms. The number of hydrogen-bond acceptors (Lipinski definition) is 5. The molecule has 0 atom stereocenters. The predicted octanol–water partition coefficient (Wildman–Crippen LogP) is 0.701. The van der Waals surface area contributed by atoms with Gasteiger partial charge in [-0.15, -0.1) is 5.10 Å². The molecular weight excluding hydrogens is 327 g/mol. The van der Waals surface area contributed by atoms with E-state index in [0.717, 1.165) is 9.58 Å². The minimum atomic E-state index is -4.51. The van der Waals surface area contributed by atoms with Crippen molar-refractivity contribution in [1.82, 2.24) is 24.8 Å². The molecule has 1 aromatic carbocycles. The van der Waals surface area contributed by atoms with Gasteiger partial charge < -0.3 is 4.90 Å². The summed E-state index contributed by atoms with van der Waals surface area (Å²) in [6, 6.07) is 6.39. The van der Waals surface area contributed by atoms with Gasteiger partial charge in [-0.25, -0.2) is 0 Å². The fourth-order valence-electron chi connectivity index (χ4n) is 2.05. The molecule has 0 saturated carbocycles. The van der Waals surface area contributed by atoms with Gasteiger partial charge in [-0.1, -0.05) is 17.3 Å². The average molecular weight is 343 g/mol. The van der Waals surface area contributed by atoms with E-state index < -0.39 is 37.4 Å². The SMILES string of the molecule is CN(C)C(=O)CN(Cn1nnc2ccccc2c1=O)CC(F)(F)F. The standard InChI is InChI=1S/C14H16F3N5O2/c1-20(2)12(23)7-21(8-14(15,16)17)9-22-13(24)10-5-3-4-6-11(10)18-19-22/h3-6H,7-9H2,1-2H3. The van der Waals surface area contributed by atoms with Gasteiger partial charge in [0.05, 0.1) is 25.1 Å². The number of carbonyl (C=O) groups excluding carboxylic acids is 1. The molecule has 0 aliphatic heterocycles. The smallest absolute Gasteiger partial charge is 0.348 e. The number of fused-ring (bicyclic) bond motifs is 1. The minimum Gasteiger partial charge on any atom is -0.348 e. The Kier molecular flexibility index (Phi) is 5.17. The highest BCUT2D eigenvalue weighted by Gasteiger charge is 2.32.